The van der Waals surface area contributed by atoms with Gasteiger partial charge in [-0.15, -0.1) is 0 Å². The standard InChI is InChI=1S/C18H27N5O/c1-14(13-23-10-8-22(2)9-11-23)12-20-18(24)21-17-5-3-4-16-15(17)6-7-19-16/h3-7,14,19H,8-13H2,1-2H3,(H2,20,21,24)/t14-/m1/s1. The Bertz CT molecular complexity index is 675. The molecule has 1 saturated heterocycles. The number of nitrogens with one attached hydrogen (secondary N) is 3. The van der Waals surface area contributed by atoms with E-state index >= 15 is 0 Å². The van der Waals surface area contributed by atoms with Gasteiger partial charge in [-0.25, -0.2) is 4.79 Å². The van der Waals surface area contributed by atoms with E-state index in [-0.39, 0.29) is 6.03 Å². The van der Waals surface area contributed by atoms with Gasteiger partial charge in [0.2, 0.25) is 0 Å². The number of urea groups is 1. The Hall–Kier alpha value is -2.05. The smallest absolute Gasteiger partial charge is 0.319 e. The molecule has 2 amide bonds. The van der Waals surface area contributed by atoms with Crippen LogP contribution in [-0.2, 0) is 0 Å². The lowest BCUT2D eigenvalue weighted by atomic mass is 10.1. The molecule has 2 aromatic rings. The van der Waals surface area contributed by atoms with Gasteiger partial charge in [-0.05, 0) is 31.2 Å². The van der Waals surface area contributed by atoms with Crippen molar-refractivity contribution in [2.75, 3.05) is 51.6 Å². The number of hydrogen-bond donors (Lipinski definition) is 3. The van der Waals surface area contributed by atoms with Gasteiger partial charge in [0, 0.05) is 56.4 Å². The average Bonchev–Trinajstić information content (AvgIpc) is 3.05. The molecule has 6 heteroatoms. The maximum absolute atomic E-state index is 12.2. The highest BCUT2D eigenvalue weighted by atomic mass is 16.2. The molecular weight excluding hydrogens is 302 g/mol. The van der Waals surface area contributed by atoms with Crippen LogP contribution >= 0.6 is 0 Å². The highest BCUT2D eigenvalue weighted by molar-refractivity contribution is 6.00. The molecule has 0 bridgehead atoms. The number of nitrogens with zero attached hydrogens (tertiary/aromatic N) is 2. The number of H-pyrrole nitrogens is 1. The van der Waals surface area contributed by atoms with Crippen LogP contribution in [0.3, 0.4) is 0 Å². The maximum Gasteiger partial charge on any atom is 0.319 e. The van der Waals surface area contributed by atoms with E-state index < -0.39 is 0 Å². The Morgan fingerprint density at radius 3 is 2.83 bits per heavy atom. The molecule has 1 aromatic carbocycles. The van der Waals surface area contributed by atoms with Gasteiger partial charge < -0.3 is 25.4 Å². The fourth-order valence-electron chi connectivity index (χ4n) is 3.16. The Labute approximate surface area is 143 Å². The zero-order valence-electron chi connectivity index (χ0n) is 14.5. The first-order valence-electron chi connectivity index (χ1n) is 8.63. The SMILES string of the molecule is C[C@H](CNC(=O)Nc1cccc2[nH]ccc12)CN1CCN(C)CC1. The molecule has 3 N–H and O–H groups in total. The van der Waals surface area contributed by atoms with Crippen LogP contribution in [0.2, 0.25) is 0 Å². The summed E-state index contributed by atoms with van der Waals surface area (Å²) in [7, 11) is 2.16. The van der Waals surface area contributed by atoms with Gasteiger partial charge in [0.25, 0.3) is 0 Å². The summed E-state index contributed by atoms with van der Waals surface area (Å²) in [5.74, 6) is 0.433. The number of benzene rings is 1. The summed E-state index contributed by atoms with van der Waals surface area (Å²) in [6, 6.07) is 7.68. The minimum absolute atomic E-state index is 0.145. The molecule has 1 aromatic heterocycles. The Morgan fingerprint density at radius 1 is 1.25 bits per heavy atom. The van der Waals surface area contributed by atoms with Crippen molar-refractivity contribution in [3.63, 3.8) is 0 Å². The number of aromatic nitrogens is 1. The van der Waals surface area contributed by atoms with Gasteiger partial charge in [-0.1, -0.05) is 13.0 Å². The third-order valence-corrected chi connectivity index (χ3v) is 4.62. The first-order chi connectivity index (χ1) is 11.6. The van der Waals surface area contributed by atoms with E-state index in [1.54, 1.807) is 0 Å². The first-order valence-corrected chi connectivity index (χ1v) is 8.63. The first kappa shape index (κ1) is 16.8. The monoisotopic (exact) mass is 329 g/mol. The number of hydrogen-bond acceptors (Lipinski definition) is 3. The van der Waals surface area contributed by atoms with Crippen molar-refractivity contribution in [1.82, 2.24) is 20.1 Å². The molecule has 1 aliphatic heterocycles. The fourth-order valence-corrected chi connectivity index (χ4v) is 3.16. The second kappa shape index (κ2) is 7.68. The van der Waals surface area contributed by atoms with Crippen LogP contribution in [0.25, 0.3) is 10.9 Å². The van der Waals surface area contributed by atoms with Crippen molar-refractivity contribution in [3.05, 3.63) is 30.5 Å². The predicted molar refractivity (Wildman–Crippen MR) is 98.4 cm³/mol. The maximum atomic E-state index is 12.2. The van der Waals surface area contributed by atoms with Crippen LogP contribution in [-0.4, -0.2) is 67.1 Å². The van der Waals surface area contributed by atoms with Crippen molar-refractivity contribution >= 4 is 22.6 Å². The number of fused-ring (bicyclic) bond motifs is 1. The summed E-state index contributed by atoms with van der Waals surface area (Å²) in [6.45, 7) is 8.38. The van der Waals surface area contributed by atoms with Crippen molar-refractivity contribution in [2.24, 2.45) is 5.92 Å². The van der Waals surface area contributed by atoms with Crippen LogP contribution in [0.15, 0.2) is 30.5 Å². The van der Waals surface area contributed by atoms with E-state index in [0.29, 0.717) is 12.5 Å². The summed E-state index contributed by atoms with van der Waals surface area (Å²) in [5.41, 5.74) is 1.86. The number of piperazine rings is 1. The molecule has 0 saturated carbocycles. The quantitative estimate of drug-likeness (QED) is 0.788. The minimum atomic E-state index is -0.145. The number of amides is 2. The fraction of sp³-hybridized carbons (Fsp3) is 0.500. The number of carbonyl (C=O) groups excluding carboxylic acids is 1. The summed E-state index contributed by atoms with van der Waals surface area (Å²) >= 11 is 0. The van der Waals surface area contributed by atoms with Gasteiger partial charge in [0.05, 0.1) is 5.69 Å². The largest absolute Gasteiger partial charge is 0.361 e. The molecule has 24 heavy (non-hydrogen) atoms. The average molecular weight is 329 g/mol. The molecule has 130 valence electrons. The minimum Gasteiger partial charge on any atom is -0.361 e. The van der Waals surface area contributed by atoms with Crippen LogP contribution < -0.4 is 10.6 Å². The lowest BCUT2D eigenvalue weighted by Gasteiger charge is -2.33. The van der Waals surface area contributed by atoms with Crippen LogP contribution in [0.4, 0.5) is 10.5 Å². The summed E-state index contributed by atoms with van der Waals surface area (Å²) in [6.07, 6.45) is 1.88. The molecule has 2 heterocycles. The molecule has 3 rings (SSSR count). The molecule has 0 radical (unpaired) electrons. The van der Waals surface area contributed by atoms with Crippen LogP contribution in [0.5, 0.6) is 0 Å². The van der Waals surface area contributed by atoms with Crippen LogP contribution in [0.1, 0.15) is 6.92 Å². The second-order valence-electron chi connectivity index (χ2n) is 6.79. The summed E-state index contributed by atoms with van der Waals surface area (Å²) in [5, 5.41) is 6.96. The Balaban J connectivity index is 1.44. The number of anilines is 1. The molecule has 1 fully saturated rings. The normalized spacial score (nSPS) is 17.8. The number of rotatable bonds is 5. The van der Waals surface area contributed by atoms with Crippen molar-refractivity contribution in [3.8, 4) is 0 Å². The Morgan fingerprint density at radius 2 is 2.04 bits per heavy atom. The van der Waals surface area contributed by atoms with Gasteiger partial charge in [0.1, 0.15) is 0 Å². The molecule has 0 unspecified atom stereocenters. The number of likely N-dealkylation sites (N-methyl/N-ethyl adjacent to an activating group) is 1. The zero-order chi connectivity index (χ0) is 16.9. The number of aromatic amines is 1. The Kier molecular flexibility index (Phi) is 5.37. The van der Waals surface area contributed by atoms with Crippen molar-refractivity contribution < 1.29 is 4.79 Å². The highest BCUT2D eigenvalue weighted by Gasteiger charge is 2.16. The molecular formula is C18H27N5O. The molecule has 0 spiro atoms. The lowest BCUT2D eigenvalue weighted by Crippen LogP contribution is -2.47. The molecule has 1 atom stereocenters. The van der Waals surface area contributed by atoms with Crippen LogP contribution in [0, 0.1) is 5.92 Å². The van der Waals surface area contributed by atoms with E-state index in [1.165, 1.54) is 0 Å². The third-order valence-electron chi connectivity index (χ3n) is 4.62. The highest BCUT2D eigenvalue weighted by Crippen LogP contribution is 2.21. The third kappa shape index (κ3) is 4.27. The van der Waals surface area contributed by atoms with E-state index in [0.717, 1.165) is 49.3 Å². The van der Waals surface area contributed by atoms with E-state index in [4.69, 9.17) is 0 Å². The zero-order valence-corrected chi connectivity index (χ0v) is 14.5. The molecule has 6 nitrogen and oxygen atoms in total. The van der Waals surface area contributed by atoms with Crippen molar-refractivity contribution in [2.45, 2.75) is 6.92 Å². The van der Waals surface area contributed by atoms with Gasteiger partial charge in [0.15, 0.2) is 0 Å². The summed E-state index contributed by atoms with van der Waals surface area (Å²) < 4.78 is 0. The molecule has 0 aliphatic carbocycles. The predicted octanol–water partition coefficient (Wildman–Crippen LogP) is 2.17. The molecule has 1 aliphatic rings. The van der Waals surface area contributed by atoms with Gasteiger partial charge in [-0.2, -0.15) is 0 Å². The lowest BCUT2D eigenvalue weighted by molar-refractivity contribution is 0.138. The van der Waals surface area contributed by atoms with E-state index in [9.17, 15) is 4.79 Å². The van der Waals surface area contributed by atoms with Crippen molar-refractivity contribution in [1.29, 1.82) is 0 Å². The second-order valence-corrected chi connectivity index (χ2v) is 6.79. The van der Waals surface area contributed by atoms with E-state index in [2.05, 4.69) is 39.4 Å². The summed E-state index contributed by atoms with van der Waals surface area (Å²) in [4.78, 5) is 20.1. The van der Waals surface area contributed by atoms with E-state index in [1.807, 2.05) is 30.5 Å². The number of carbonyl (C=O) groups is 1. The van der Waals surface area contributed by atoms with Gasteiger partial charge >= 0.3 is 6.03 Å². The van der Waals surface area contributed by atoms with Gasteiger partial charge in [-0.3, -0.25) is 0 Å². The topological polar surface area (TPSA) is 63.4 Å².